The molecule has 7 nitrogen and oxygen atoms in total. The van der Waals surface area contributed by atoms with E-state index in [2.05, 4.69) is 34.4 Å². The predicted molar refractivity (Wildman–Crippen MR) is 126 cm³/mol. The van der Waals surface area contributed by atoms with E-state index in [4.69, 9.17) is 9.15 Å². The molecule has 3 N–H and O–H groups in total. The zero-order valence-electron chi connectivity index (χ0n) is 19.6. The fraction of sp³-hybridized carbons (Fsp3) is 0.542. The number of hydrogen-bond donors (Lipinski definition) is 3. The second-order valence-corrected chi connectivity index (χ2v) is 7.75. The first kappa shape index (κ1) is 24.8. The van der Waals surface area contributed by atoms with Gasteiger partial charge in [0, 0.05) is 13.1 Å². The number of nitrogens with one attached hydrogen (secondary N) is 2. The summed E-state index contributed by atoms with van der Waals surface area (Å²) in [5, 5.41) is 17.1. The monoisotopic (exact) mass is 430 g/mol. The number of benzene rings is 1. The molecule has 0 aliphatic carbocycles. The average Bonchev–Trinajstić information content (AvgIpc) is 3.21. The van der Waals surface area contributed by atoms with Gasteiger partial charge in [-0.1, -0.05) is 26.0 Å². The van der Waals surface area contributed by atoms with Crippen molar-refractivity contribution in [1.29, 1.82) is 0 Å². The molecule has 1 atom stereocenters. The van der Waals surface area contributed by atoms with E-state index in [1.807, 2.05) is 44.2 Å². The topological polar surface area (TPSA) is 82.3 Å². The van der Waals surface area contributed by atoms with Crippen LogP contribution in [0.2, 0.25) is 0 Å². The Hall–Kier alpha value is -2.51. The van der Waals surface area contributed by atoms with E-state index in [-0.39, 0.29) is 6.54 Å². The molecule has 0 fully saturated rings. The first-order chi connectivity index (χ1) is 14.9. The summed E-state index contributed by atoms with van der Waals surface area (Å²) < 4.78 is 11.4. The number of furan rings is 1. The van der Waals surface area contributed by atoms with Crippen molar-refractivity contribution in [2.75, 3.05) is 39.3 Å². The maximum Gasteiger partial charge on any atom is 0.191 e. The van der Waals surface area contributed by atoms with Gasteiger partial charge in [-0.05, 0) is 63.7 Å². The van der Waals surface area contributed by atoms with Crippen molar-refractivity contribution in [3.05, 3.63) is 53.5 Å². The number of ether oxygens (including phenoxy) is 1. The summed E-state index contributed by atoms with van der Waals surface area (Å²) in [6, 6.07) is 11.7. The van der Waals surface area contributed by atoms with Gasteiger partial charge in [0.05, 0.1) is 13.1 Å². The number of nitrogens with zero attached hydrogens (tertiary/aromatic N) is 2. The standard InChI is InChI=1S/C24H38N4O3/c1-6-25-23(27-18-24(5,29)22-14-9-19(4)31-22)26-17-20-10-12-21(13-11-20)30-16-15-28(7-2)8-3/h9-14,29H,6-8,15-18H2,1-5H3,(H2,25,26,27). The normalized spacial score (nSPS) is 13.8. The summed E-state index contributed by atoms with van der Waals surface area (Å²) in [4.78, 5) is 6.96. The van der Waals surface area contributed by atoms with E-state index in [9.17, 15) is 5.11 Å². The van der Waals surface area contributed by atoms with Crippen molar-refractivity contribution in [2.24, 2.45) is 4.99 Å². The number of hydrogen-bond acceptors (Lipinski definition) is 5. The van der Waals surface area contributed by atoms with Crippen molar-refractivity contribution in [3.8, 4) is 5.75 Å². The highest BCUT2D eigenvalue weighted by atomic mass is 16.5. The van der Waals surface area contributed by atoms with E-state index in [1.165, 1.54) is 0 Å². The number of likely N-dealkylation sites (N-methyl/N-ethyl adjacent to an activating group) is 1. The van der Waals surface area contributed by atoms with Crippen LogP contribution in [0.15, 0.2) is 45.8 Å². The molecule has 0 radical (unpaired) electrons. The molecule has 1 aromatic heterocycles. The molecule has 0 aliphatic rings. The van der Waals surface area contributed by atoms with Gasteiger partial charge in [-0.3, -0.25) is 0 Å². The first-order valence-corrected chi connectivity index (χ1v) is 11.1. The maximum atomic E-state index is 10.7. The van der Waals surface area contributed by atoms with Gasteiger partial charge in [-0.15, -0.1) is 0 Å². The lowest BCUT2D eigenvalue weighted by Gasteiger charge is -2.22. The fourth-order valence-corrected chi connectivity index (χ4v) is 3.10. The highest BCUT2D eigenvalue weighted by Crippen LogP contribution is 2.21. The van der Waals surface area contributed by atoms with Crippen molar-refractivity contribution in [2.45, 2.75) is 46.8 Å². The molecule has 7 heteroatoms. The minimum Gasteiger partial charge on any atom is -0.492 e. The second kappa shape index (κ2) is 12.4. The van der Waals surface area contributed by atoms with Crippen molar-refractivity contribution in [3.63, 3.8) is 0 Å². The van der Waals surface area contributed by atoms with Crippen LogP contribution < -0.4 is 15.4 Å². The Labute approximate surface area is 186 Å². The molecule has 31 heavy (non-hydrogen) atoms. The van der Waals surface area contributed by atoms with Crippen LogP contribution in [0, 0.1) is 6.92 Å². The quantitative estimate of drug-likeness (QED) is 0.354. The van der Waals surface area contributed by atoms with Gasteiger partial charge in [0.15, 0.2) is 5.96 Å². The molecule has 2 aromatic rings. The Morgan fingerprint density at radius 1 is 1.10 bits per heavy atom. The summed E-state index contributed by atoms with van der Waals surface area (Å²) in [6.07, 6.45) is 0. The molecule has 1 aromatic carbocycles. The SMILES string of the molecule is CCNC(=NCc1ccc(OCCN(CC)CC)cc1)NCC(C)(O)c1ccc(C)o1. The number of aliphatic imine (C=N–C) groups is 1. The van der Waals surface area contributed by atoms with Crippen molar-refractivity contribution >= 4 is 5.96 Å². The van der Waals surface area contributed by atoms with Crippen LogP contribution in [0.25, 0.3) is 0 Å². The molecular formula is C24H38N4O3. The molecule has 1 heterocycles. The number of aryl methyl sites for hydroxylation is 1. The zero-order chi connectivity index (χ0) is 22.7. The molecule has 0 aliphatic heterocycles. The molecule has 0 spiro atoms. The highest BCUT2D eigenvalue weighted by molar-refractivity contribution is 5.79. The smallest absolute Gasteiger partial charge is 0.191 e. The average molecular weight is 431 g/mol. The van der Waals surface area contributed by atoms with Gasteiger partial charge >= 0.3 is 0 Å². The van der Waals surface area contributed by atoms with Crippen LogP contribution in [0.1, 0.15) is 44.8 Å². The Balaban J connectivity index is 1.88. The summed E-state index contributed by atoms with van der Waals surface area (Å²) in [7, 11) is 0. The maximum absolute atomic E-state index is 10.7. The summed E-state index contributed by atoms with van der Waals surface area (Å²) in [5.41, 5.74) is -0.0455. The van der Waals surface area contributed by atoms with E-state index < -0.39 is 5.60 Å². The molecule has 172 valence electrons. The Kier molecular flexibility index (Phi) is 9.88. The molecule has 0 amide bonds. The third kappa shape index (κ3) is 8.26. The van der Waals surface area contributed by atoms with Crippen LogP contribution in [0.5, 0.6) is 5.75 Å². The Morgan fingerprint density at radius 3 is 2.39 bits per heavy atom. The lowest BCUT2D eigenvalue weighted by molar-refractivity contribution is 0.0378. The van der Waals surface area contributed by atoms with E-state index in [1.54, 1.807) is 13.0 Å². The van der Waals surface area contributed by atoms with Crippen LogP contribution in [0.4, 0.5) is 0 Å². The van der Waals surface area contributed by atoms with Gasteiger partial charge < -0.3 is 29.8 Å². The van der Waals surface area contributed by atoms with Crippen LogP contribution in [0.3, 0.4) is 0 Å². The largest absolute Gasteiger partial charge is 0.492 e. The van der Waals surface area contributed by atoms with E-state index in [0.29, 0.717) is 24.9 Å². The molecule has 0 bridgehead atoms. The minimum atomic E-state index is -1.13. The number of guanidine groups is 1. The first-order valence-electron chi connectivity index (χ1n) is 11.1. The summed E-state index contributed by atoms with van der Waals surface area (Å²) in [6.45, 7) is 15.1. The number of aliphatic hydroxyl groups is 1. The van der Waals surface area contributed by atoms with Crippen molar-refractivity contribution < 1.29 is 14.3 Å². The Morgan fingerprint density at radius 2 is 1.81 bits per heavy atom. The molecule has 1 unspecified atom stereocenters. The van der Waals surface area contributed by atoms with Crippen molar-refractivity contribution in [1.82, 2.24) is 15.5 Å². The summed E-state index contributed by atoms with van der Waals surface area (Å²) >= 11 is 0. The van der Waals surface area contributed by atoms with Gasteiger partial charge in [0.2, 0.25) is 0 Å². The third-order valence-corrected chi connectivity index (χ3v) is 5.13. The van der Waals surface area contributed by atoms with E-state index in [0.717, 1.165) is 43.3 Å². The molecule has 2 rings (SSSR count). The lowest BCUT2D eigenvalue weighted by Crippen LogP contribution is -2.44. The molecule has 0 saturated heterocycles. The fourth-order valence-electron chi connectivity index (χ4n) is 3.10. The molecular weight excluding hydrogens is 392 g/mol. The summed E-state index contributed by atoms with van der Waals surface area (Å²) in [5.74, 6) is 2.82. The third-order valence-electron chi connectivity index (χ3n) is 5.13. The predicted octanol–water partition coefficient (Wildman–Crippen LogP) is 3.27. The number of rotatable bonds is 12. The van der Waals surface area contributed by atoms with Crippen LogP contribution in [-0.4, -0.2) is 55.3 Å². The highest BCUT2D eigenvalue weighted by Gasteiger charge is 2.27. The lowest BCUT2D eigenvalue weighted by atomic mass is 10.0. The van der Waals surface area contributed by atoms with Gasteiger partial charge in [-0.2, -0.15) is 0 Å². The molecule has 0 saturated carbocycles. The zero-order valence-corrected chi connectivity index (χ0v) is 19.6. The minimum absolute atomic E-state index is 0.283. The van der Waals surface area contributed by atoms with Gasteiger partial charge in [-0.25, -0.2) is 4.99 Å². The van der Waals surface area contributed by atoms with Crippen LogP contribution in [-0.2, 0) is 12.1 Å². The Bertz CT molecular complexity index is 795. The van der Waals surface area contributed by atoms with Gasteiger partial charge in [0.25, 0.3) is 0 Å². The second-order valence-electron chi connectivity index (χ2n) is 7.75. The van der Waals surface area contributed by atoms with Gasteiger partial charge in [0.1, 0.15) is 29.5 Å². The van der Waals surface area contributed by atoms with Crippen LogP contribution >= 0.6 is 0 Å². The van der Waals surface area contributed by atoms with E-state index >= 15 is 0 Å².